The third-order valence-electron chi connectivity index (χ3n) is 2.42. The Morgan fingerprint density at radius 1 is 1.33 bits per heavy atom. The molecule has 0 radical (unpaired) electrons. The van der Waals surface area contributed by atoms with E-state index in [4.69, 9.17) is 9.84 Å². The van der Waals surface area contributed by atoms with Crippen molar-refractivity contribution in [3.63, 3.8) is 0 Å². The van der Waals surface area contributed by atoms with Crippen LogP contribution in [0.4, 0.5) is 5.69 Å². The van der Waals surface area contributed by atoms with E-state index in [1.807, 2.05) is 0 Å². The van der Waals surface area contributed by atoms with E-state index in [1.165, 1.54) is 25.3 Å². The molecule has 0 bridgehead atoms. The van der Waals surface area contributed by atoms with Gasteiger partial charge in [0, 0.05) is 10.5 Å². The van der Waals surface area contributed by atoms with Crippen LogP contribution in [0.25, 0.3) is 0 Å². The number of anilines is 1. The van der Waals surface area contributed by atoms with E-state index >= 15 is 0 Å². The van der Waals surface area contributed by atoms with Crippen molar-refractivity contribution in [2.45, 2.75) is 4.21 Å². The summed E-state index contributed by atoms with van der Waals surface area (Å²) in [5, 5.41) is 8.83. The van der Waals surface area contributed by atoms with Crippen molar-refractivity contribution < 1.29 is 23.1 Å². The first kappa shape index (κ1) is 15.8. The Balaban J connectivity index is 2.32. The summed E-state index contributed by atoms with van der Waals surface area (Å²) in [7, 11) is -2.37. The Morgan fingerprint density at radius 3 is 2.62 bits per heavy atom. The Bertz CT molecular complexity index is 785. The van der Waals surface area contributed by atoms with Gasteiger partial charge in [0.2, 0.25) is 0 Å². The van der Waals surface area contributed by atoms with Gasteiger partial charge in [0.05, 0.1) is 12.8 Å². The summed E-state index contributed by atoms with van der Waals surface area (Å²) in [6, 6.07) is 7.29. The van der Waals surface area contributed by atoms with E-state index in [9.17, 15) is 13.2 Å². The molecule has 0 aliphatic carbocycles. The second-order valence-corrected chi connectivity index (χ2v) is 7.82. The second-order valence-electron chi connectivity index (χ2n) is 3.91. The summed E-state index contributed by atoms with van der Waals surface area (Å²) in [5.74, 6) is -0.676. The number of thiophene rings is 1. The van der Waals surface area contributed by atoms with Gasteiger partial charge in [-0.25, -0.2) is 13.2 Å². The number of carbonyl (C=O) groups is 1. The molecule has 0 spiro atoms. The molecule has 1 aromatic carbocycles. The lowest BCUT2D eigenvalue weighted by Crippen LogP contribution is -2.11. The Kier molecular flexibility index (Phi) is 4.55. The molecule has 0 aliphatic heterocycles. The number of hydrogen-bond acceptors (Lipinski definition) is 5. The van der Waals surface area contributed by atoms with Crippen LogP contribution < -0.4 is 9.46 Å². The second kappa shape index (κ2) is 6.04. The molecule has 2 rings (SSSR count). The number of ether oxygens (including phenoxy) is 1. The van der Waals surface area contributed by atoms with Crippen LogP contribution in [-0.4, -0.2) is 26.6 Å². The monoisotopic (exact) mass is 391 g/mol. The molecular weight excluding hydrogens is 382 g/mol. The molecule has 1 heterocycles. The van der Waals surface area contributed by atoms with Crippen molar-refractivity contribution in [1.29, 1.82) is 0 Å². The van der Waals surface area contributed by atoms with E-state index in [-0.39, 0.29) is 9.09 Å². The number of sulfonamides is 1. The summed E-state index contributed by atoms with van der Waals surface area (Å²) in [6.07, 6.45) is 0. The number of carboxylic acids is 1. The van der Waals surface area contributed by atoms with E-state index in [1.54, 1.807) is 12.1 Å². The maximum absolute atomic E-state index is 12.2. The van der Waals surface area contributed by atoms with Crippen molar-refractivity contribution in [3.05, 3.63) is 39.7 Å². The van der Waals surface area contributed by atoms with Gasteiger partial charge in [-0.05, 0) is 24.3 Å². The smallest absolute Gasteiger partial charge is 0.345 e. The molecule has 0 amide bonds. The minimum Gasteiger partial charge on any atom is -0.497 e. The number of methoxy groups -OCH3 is 1. The summed E-state index contributed by atoms with van der Waals surface area (Å²) in [4.78, 5) is 10.8. The fourth-order valence-electron chi connectivity index (χ4n) is 1.52. The molecule has 2 aromatic rings. The van der Waals surface area contributed by atoms with Crippen LogP contribution in [0.5, 0.6) is 5.75 Å². The summed E-state index contributed by atoms with van der Waals surface area (Å²) >= 11 is 3.94. The van der Waals surface area contributed by atoms with E-state index in [0.717, 1.165) is 0 Å². The highest BCUT2D eigenvalue weighted by atomic mass is 79.9. The molecular formula is C12H10BrNO5S2. The van der Waals surface area contributed by atoms with Crippen LogP contribution in [-0.2, 0) is 10.0 Å². The zero-order valence-corrected chi connectivity index (χ0v) is 13.9. The molecule has 0 saturated carbocycles. The number of halogens is 1. The topological polar surface area (TPSA) is 92.7 Å². The number of carboxylic acid groups (broad SMARTS) is 1. The lowest BCUT2D eigenvalue weighted by molar-refractivity contribution is 0.0702. The van der Waals surface area contributed by atoms with Crippen molar-refractivity contribution in [3.8, 4) is 5.75 Å². The third kappa shape index (κ3) is 3.74. The number of benzene rings is 1. The molecule has 6 nitrogen and oxygen atoms in total. The van der Waals surface area contributed by atoms with Gasteiger partial charge in [-0.3, -0.25) is 4.72 Å². The first-order valence-electron chi connectivity index (χ1n) is 5.52. The fraction of sp³-hybridized carbons (Fsp3) is 0.0833. The van der Waals surface area contributed by atoms with Gasteiger partial charge in [0.15, 0.2) is 0 Å². The summed E-state index contributed by atoms with van der Waals surface area (Å²) in [6.45, 7) is 0. The van der Waals surface area contributed by atoms with Crippen LogP contribution in [0.2, 0.25) is 0 Å². The molecule has 2 N–H and O–H groups in total. The molecule has 1 aromatic heterocycles. The SMILES string of the molecule is COc1cc(Br)cc(NS(=O)(=O)c2ccc(C(=O)O)s2)c1. The average Bonchev–Trinajstić information content (AvgIpc) is 2.87. The van der Waals surface area contributed by atoms with E-state index in [0.29, 0.717) is 27.2 Å². The van der Waals surface area contributed by atoms with Gasteiger partial charge in [-0.1, -0.05) is 15.9 Å². The highest BCUT2D eigenvalue weighted by Crippen LogP contribution is 2.28. The number of aromatic carboxylic acids is 1. The largest absolute Gasteiger partial charge is 0.497 e. The molecule has 112 valence electrons. The minimum atomic E-state index is -3.84. The number of nitrogens with one attached hydrogen (secondary N) is 1. The number of rotatable bonds is 5. The molecule has 0 aliphatic rings. The Hall–Kier alpha value is -1.58. The van der Waals surface area contributed by atoms with Crippen LogP contribution in [0, 0.1) is 0 Å². The normalized spacial score (nSPS) is 11.1. The van der Waals surface area contributed by atoms with Crippen LogP contribution >= 0.6 is 27.3 Å². The Morgan fingerprint density at radius 2 is 2.05 bits per heavy atom. The summed E-state index contributed by atoms with van der Waals surface area (Å²) in [5.41, 5.74) is 0.312. The van der Waals surface area contributed by atoms with Crippen molar-refractivity contribution in [2.75, 3.05) is 11.8 Å². The molecule has 0 unspecified atom stereocenters. The van der Waals surface area contributed by atoms with Gasteiger partial charge < -0.3 is 9.84 Å². The average molecular weight is 392 g/mol. The van der Waals surface area contributed by atoms with Gasteiger partial charge in [-0.15, -0.1) is 11.3 Å². The fourth-order valence-corrected chi connectivity index (χ4v) is 4.18. The highest BCUT2D eigenvalue weighted by molar-refractivity contribution is 9.10. The van der Waals surface area contributed by atoms with E-state index in [2.05, 4.69) is 20.7 Å². The molecule has 21 heavy (non-hydrogen) atoms. The van der Waals surface area contributed by atoms with Crippen molar-refractivity contribution in [1.82, 2.24) is 0 Å². The maximum Gasteiger partial charge on any atom is 0.345 e. The van der Waals surface area contributed by atoms with Gasteiger partial charge in [-0.2, -0.15) is 0 Å². The molecule has 0 atom stereocenters. The lowest BCUT2D eigenvalue weighted by Gasteiger charge is -2.08. The van der Waals surface area contributed by atoms with Gasteiger partial charge >= 0.3 is 5.97 Å². The molecule has 0 fully saturated rings. The quantitative estimate of drug-likeness (QED) is 0.816. The Labute approximate surface area is 133 Å². The van der Waals surface area contributed by atoms with Gasteiger partial charge in [0.1, 0.15) is 14.8 Å². The zero-order valence-electron chi connectivity index (χ0n) is 10.7. The van der Waals surface area contributed by atoms with E-state index < -0.39 is 16.0 Å². The zero-order chi connectivity index (χ0) is 15.6. The van der Waals surface area contributed by atoms with Gasteiger partial charge in [0.25, 0.3) is 10.0 Å². The first-order valence-corrected chi connectivity index (χ1v) is 8.61. The van der Waals surface area contributed by atoms with Crippen LogP contribution in [0.1, 0.15) is 9.67 Å². The standard InChI is InChI=1S/C12H10BrNO5S2/c1-19-9-5-7(13)4-8(6-9)14-21(17,18)11-3-2-10(20-11)12(15)16/h2-6,14H,1H3,(H,15,16). The van der Waals surface area contributed by atoms with Crippen molar-refractivity contribution >= 4 is 48.9 Å². The predicted molar refractivity (Wildman–Crippen MR) is 82.8 cm³/mol. The summed E-state index contributed by atoms with van der Waals surface area (Å²) < 4.78 is 32.4. The van der Waals surface area contributed by atoms with Crippen LogP contribution in [0.3, 0.4) is 0 Å². The number of hydrogen-bond donors (Lipinski definition) is 2. The third-order valence-corrected chi connectivity index (χ3v) is 5.82. The first-order chi connectivity index (χ1) is 9.81. The predicted octanol–water partition coefficient (Wildman–Crippen LogP) is 3.02. The molecule has 9 heteroatoms. The van der Waals surface area contributed by atoms with Crippen molar-refractivity contribution in [2.24, 2.45) is 0 Å². The van der Waals surface area contributed by atoms with Crippen LogP contribution in [0.15, 0.2) is 39.0 Å². The lowest BCUT2D eigenvalue weighted by atomic mass is 10.3. The highest BCUT2D eigenvalue weighted by Gasteiger charge is 2.19. The molecule has 0 saturated heterocycles. The minimum absolute atomic E-state index is 0.0396. The maximum atomic E-state index is 12.2.